The van der Waals surface area contributed by atoms with E-state index in [1.165, 1.54) is 6.26 Å². The van der Waals surface area contributed by atoms with Gasteiger partial charge in [-0.2, -0.15) is 0 Å². The van der Waals surface area contributed by atoms with Crippen LogP contribution in [-0.2, 0) is 27.6 Å². The Morgan fingerprint density at radius 2 is 1.85 bits per heavy atom. The summed E-state index contributed by atoms with van der Waals surface area (Å²) in [6.07, 6.45) is 4.50. The number of unbranched alkanes of at least 4 members (excludes halogenated alkanes) is 2. The number of aromatic amines is 1. The molecule has 0 bridgehead atoms. The van der Waals surface area contributed by atoms with E-state index in [-0.39, 0.29) is 16.4 Å². The van der Waals surface area contributed by atoms with Gasteiger partial charge in [0.2, 0.25) is 5.91 Å². The molecule has 0 saturated heterocycles. The maximum atomic E-state index is 12.7. The van der Waals surface area contributed by atoms with Crippen LogP contribution in [0.2, 0.25) is 0 Å². The molecular formula is C23H26BrN3O4S2. The molecule has 0 aliphatic rings. The number of hydrogen-bond acceptors (Lipinski definition) is 5. The summed E-state index contributed by atoms with van der Waals surface area (Å²) in [5.74, 6) is -0.0206. The van der Waals surface area contributed by atoms with Gasteiger partial charge in [0.05, 0.1) is 15.8 Å². The van der Waals surface area contributed by atoms with Gasteiger partial charge in [-0.25, -0.2) is 8.42 Å². The number of nitrogens with zero attached hydrogens (tertiary/aromatic N) is 1. The maximum absolute atomic E-state index is 12.7. The Morgan fingerprint density at radius 1 is 1.12 bits per heavy atom. The molecule has 3 aromatic rings. The molecule has 0 saturated carbocycles. The van der Waals surface area contributed by atoms with Crippen molar-refractivity contribution >= 4 is 54.8 Å². The lowest BCUT2D eigenvalue weighted by atomic mass is 10.1. The minimum Gasteiger partial charge on any atom is -0.356 e. The number of H-pyrrole nitrogens is 1. The van der Waals surface area contributed by atoms with E-state index in [0.717, 1.165) is 29.3 Å². The van der Waals surface area contributed by atoms with Crippen LogP contribution in [0.5, 0.6) is 0 Å². The van der Waals surface area contributed by atoms with E-state index in [0.29, 0.717) is 41.6 Å². The van der Waals surface area contributed by atoms with Crippen LogP contribution in [0.3, 0.4) is 0 Å². The zero-order chi connectivity index (χ0) is 24.0. The molecule has 0 aliphatic carbocycles. The van der Waals surface area contributed by atoms with Crippen LogP contribution in [0.1, 0.15) is 31.2 Å². The van der Waals surface area contributed by atoms with Gasteiger partial charge >= 0.3 is 0 Å². The van der Waals surface area contributed by atoms with E-state index in [9.17, 15) is 18.0 Å². The predicted octanol–water partition coefficient (Wildman–Crippen LogP) is 4.14. The molecule has 3 rings (SSSR count). The summed E-state index contributed by atoms with van der Waals surface area (Å²) in [5, 5.41) is 3.48. The first-order valence-electron chi connectivity index (χ1n) is 10.6. The van der Waals surface area contributed by atoms with Gasteiger partial charge in [0.25, 0.3) is 5.56 Å². The molecule has 1 heterocycles. The fourth-order valence-electron chi connectivity index (χ4n) is 3.50. The second-order valence-corrected chi connectivity index (χ2v) is 11.2. The first-order chi connectivity index (χ1) is 15.6. The Hall–Kier alpha value is -2.30. The van der Waals surface area contributed by atoms with Crippen LogP contribution >= 0.6 is 28.1 Å². The molecule has 2 N–H and O–H groups in total. The molecule has 0 radical (unpaired) electrons. The largest absolute Gasteiger partial charge is 0.356 e. The third-order valence-corrected chi connectivity index (χ3v) is 7.26. The van der Waals surface area contributed by atoms with Gasteiger partial charge in [0.1, 0.15) is 0 Å². The summed E-state index contributed by atoms with van der Waals surface area (Å²) in [6, 6.07) is 12.2. The van der Waals surface area contributed by atoms with E-state index in [1.54, 1.807) is 34.9 Å². The van der Waals surface area contributed by atoms with E-state index < -0.39 is 9.84 Å². The molecule has 10 heteroatoms. The highest BCUT2D eigenvalue weighted by atomic mass is 79.9. The molecule has 0 atom stereocenters. The highest BCUT2D eigenvalue weighted by Gasteiger charge is 2.08. The number of rotatable bonds is 10. The first kappa shape index (κ1) is 25.3. The van der Waals surface area contributed by atoms with Gasteiger partial charge in [-0.1, -0.05) is 34.5 Å². The van der Waals surface area contributed by atoms with E-state index >= 15 is 0 Å². The molecule has 1 aromatic heterocycles. The number of halogens is 1. The minimum atomic E-state index is -3.20. The van der Waals surface area contributed by atoms with Crippen molar-refractivity contribution in [3.63, 3.8) is 0 Å². The Bertz CT molecular complexity index is 1360. The lowest BCUT2D eigenvalue weighted by molar-refractivity contribution is -0.121. The zero-order valence-electron chi connectivity index (χ0n) is 18.3. The van der Waals surface area contributed by atoms with Gasteiger partial charge in [-0.15, -0.1) is 0 Å². The van der Waals surface area contributed by atoms with Crippen molar-refractivity contribution in [3.8, 4) is 0 Å². The number of benzene rings is 2. The monoisotopic (exact) mass is 551 g/mol. The van der Waals surface area contributed by atoms with Crippen LogP contribution in [0, 0.1) is 4.77 Å². The van der Waals surface area contributed by atoms with Crippen molar-refractivity contribution in [1.82, 2.24) is 14.9 Å². The van der Waals surface area contributed by atoms with Crippen LogP contribution in [0.15, 0.2) is 56.6 Å². The summed E-state index contributed by atoms with van der Waals surface area (Å²) >= 11 is 8.72. The number of fused-ring (bicyclic) bond motifs is 1. The molecule has 0 fully saturated rings. The molecule has 0 spiro atoms. The van der Waals surface area contributed by atoms with Gasteiger partial charge in [0, 0.05) is 30.2 Å². The second-order valence-electron chi connectivity index (χ2n) is 7.90. The molecule has 1 amide bonds. The average molecular weight is 553 g/mol. The van der Waals surface area contributed by atoms with Gasteiger partial charge in [0.15, 0.2) is 14.6 Å². The number of amides is 1. The van der Waals surface area contributed by atoms with Crippen molar-refractivity contribution in [2.45, 2.75) is 43.5 Å². The van der Waals surface area contributed by atoms with Gasteiger partial charge in [-0.3, -0.25) is 14.2 Å². The second kappa shape index (κ2) is 11.2. The highest BCUT2D eigenvalue weighted by molar-refractivity contribution is 9.10. The summed E-state index contributed by atoms with van der Waals surface area (Å²) in [4.78, 5) is 28.2. The van der Waals surface area contributed by atoms with E-state index in [4.69, 9.17) is 12.2 Å². The highest BCUT2D eigenvalue weighted by Crippen LogP contribution is 2.15. The van der Waals surface area contributed by atoms with Crippen molar-refractivity contribution in [2.75, 3.05) is 12.8 Å². The number of sulfone groups is 1. The van der Waals surface area contributed by atoms with Crippen molar-refractivity contribution in [2.24, 2.45) is 0 Å². The van der Waals surface area contributed by atoms with Gasteiger partial charge < -0.3 is 10.3 Å². The van der Waals surface area contributed by atoms with Crippen LogP contribution in [-0.4, -0.2) is 36.7 Å². The van der Waals surface area contributed by atoms with E-state index in [2.05, 4.69) is 26.2 Å². The zero-order valence-corrected chi connectivity index (χ0v) is 21.5. The normalized spacial score (nSPS) is 11.6. The molecule has 33 heavy (non-hydrogen) atoms. The van der Waals surface area contributed by atoms with E-state index in [1.807, 2.05) is 12.1 Å². The fourth-order valence-corrected chi connectivity index (χ4v) is 4.77. The fraction of sp³-hybridized carbons (Fsp3) is 0.348. The number of hydrogen-bond donors (Lipinski definition) is 2. The average Bonchev–Trinajstić information content (AvgIpc) is 2.76. The number of carbonyl (C=O) groups excluding carboxylic acids is 1. The Balaban J connectivity index is 1.39. The van der Waals surface area contributed by atoms with Crippen molar-refractivity contribution in [3.05, 3.63) is 67.6 Å². The summed E-state index contributed by atoms with van der Waals surface area (Å²) in [6.45, 7) is 0.996. The summed E-state index contributed by atoms with van der Waals surface area (Å²) in [7, 11) is -3.20. The SMILES string of the molecule is CS(=O)(=O)c1ccc(CCNC(=O)CCCCCn2c(=S)[nH]c3ccc(Br)cc3c2=O)cc1. The molecule has 2 aromatic carbocycles. The number of aromatic nitrogens is 2. The lowest BCUT2D eigenvalue weighted by Crippen LogP contribution is -2.25. The summed E-state index contributed by atoms with van der Waals surface area (Å²) in [5.41, 5.74) is 1.57. The Labute approximate surface area is 206 Å². The molecule has 7 nitrogen and oxygen atoms in total. The first-order valence-corrected chi connectivity index (χ1v) is 13.7. The predicted molar refractivity (Wildman–Crippen MR) is 136 cm³/mol. The number of nitrogens with one attached hydrogen (secondary N) is 2. The number of carbonyl (C=O) groups is 1. The van der Waals surface area contributed by atoms with Crippen LogP contribution < -0.4 is 10.9 Å². The Morgan fingerprint density at radius 3 is 2.55 bits per heavy atom. The maximum Gasteiger partial charge on any atom is 0.262 e. The van der Waals surface area contributed by atoms with Crippen LogP contribution in [0.4, 0.5) is 0 Å². The molecular weight excluding hydrogens is 526 g/mol. The molecule has 0 aliphatic heterocycles. The summed E-state index contributed by atoms with van der Waals surface area (Å²) < 4.78 is 25.8. The third kappa shape index (κ3) is 7.09. The Kier molecular flexibility index (Phi) is 8.61. The lowest BCUT2D eigenvalue weighted by Gasteiger charge is -2.09. The van der Waals surface area contributed by atoms with Crippen molar-refractivity contribution < 1.29 is 13.2 Å². The smallest absolute Gasteiger partial charge is 0.262 e. The third-order valence-electron chi connectivity index (χ3n) is 5.32. The standard InChI is InChI=1S/C23H26BrN3O4S2/c1-33(30,31)18-9-6-16(7-10-18)12-13-25-21(28)5-3-2-4-14-27-22(29)19-15-17(24)8-11-20(19)26-23(27)32/h6-11,15H,2-5,12-14H2,1H3,(H,25,28)(H,26,32). The van der Waals surface area contributed by atoms with Crippen molar-refractivity contribution in [1.29, 1.82) is 0 Å². The molecule has 176 valence electrons. The molecule has 0 unspecified atom stereocenters. The minimum absolute atomic E-state index is 0.0206. The quantitative estimate of drug-likeness (QED) is 0.291. The van der Waals surface area contributed by atoms with Gasteiger partial charge in [-0.05, 0) is 67.4 Å². The topological polar surface area (TPSA) is 101 Å². The van der Waals surface area contributed by atoms with Crippen LogP contribution in [0.25, 0.3) is 10.9 Å².